The smallest absolute Gasteiger partial charge is 0.255 e. The number of hydrogen-bond acceptors (Lipinski definition) is 4. The molecule has 0 saturated carbocycles. The Hall–Kier alpha value is -0.940. The number of carbonyl (C=O) groups is 2. The van der Waals surface area contributed by atoms with Gasteiger partial charge in [0, 0.05) is 12.6 Å². The third-order valence-corrected chi connectivity index (χ3v) is 2.33. The summed E-state index contributed by atoms with van der Waals surface area (Å²) in [5.74, 6) is -0.464. The van der Waals surface area contributed by atoms with Gasteiger partial charge < -0.3 is 10.1 Å². The number of imide groups is 1. The van der Waals surface area contributed by atoms with Crippen molar-refractivity contribution < 1.29 is 14.3 Å². The van der Waals surface area contributed by atoms with E-state index >= 15 is 0 Å². The topological polar surface area (TPSA) is 58.6 Å². The van der Waals surface area contributed by atoms with E-state index in [9.17, 15) is 9.59 Å². The van der Waals surface area contributed by atoms with Gasteiger partial charge in [0.25, 0.3) is 11.8 Å². The molecule has 1 N–H and O–H groups in total. The molecule has 80 valence electrons. The van der Waals surface area contributed by atoms with E-state index in [0.29, 0.717) is 12.6 Å². The highest BCUT2D eigenvalue weighted by Crippen LogP contribution is 2.03. The first-order chi connectivity index (χ1) is 6.65. The lowest BCUT2D eigenvalue weighted by atomic mass is 10.2. The van der Waals surface area contributed by atoms with Crippen LogP contribution in [0.3, 0.4) is 0 Å². The number of nitrogens with one attached hydrogen (secondary N) is 1. The summed E-state index contributed by atoms with van der Waals surface area (Å²) in [6.07, 6.45) is 0.772. The average molecular weight is 200 g/mol. The summed E-state index contributed by atoms with van der Waals surface area (Å²) in [6.45, 7) is 2.54. The SMILES string of the molecule is CNC(C)CCN1C(=O)COCC1=O. The lowest BCUT2D eigenvalue weighted by Crippen LogP contribution is -2.47. The van der Waals surface area contributed by atoms with Crippen molar-refractivity contribution >= 4 is 11.8 Å². The van der Waals surface area contributed by atoms with E-state index in [1.54, 1.807) is 0 Å². The molecule has 0 bridgehead atoms. The van der Waals surface area contributed by atoms with Gasteiger partial charge in [0.1, 0.15) is 13.2 Å². The molecular formula is C9H16N2O3. The third-order valence-electron chi connectivity index (χ3n) is 2.33. The van der Waals surface area contributed by atoms with Crippen LogP contribution in [0.25, 0.3) is 0 Å². The molecule has 0 aliphatic carbocycles. The maximum atomic E-state index is 11.3. The molecule has 0 aromatic carbocycles. The van der Waals surface area contributed by atoms with Crippen LogP contribution >= 0.6 is 0 Å². The van der Waals surface area contributed by atoms with Gasteiger partial charge in [-0.2, -0.15) is 0 Å². The monoisotopic (exact) mass is 200 g/mol. The molecule has 5 heteroatoms. The fraction of sp³-hybridized carbons (Fsp3) is 0.778. The molecule has 1 unspecified atom stereocenters. The largest absolute Gasteiger partial charge is 0.362 e. The molecule has 5 nitrogen and oxygen atoms in total. The fourth-order valence-corrected chi connectivity index (χ4v) is 1.24. The van der Waals surface area contributed by atoms with E-state index in [1.165, 1.54) is 4.90 Å². The maximum absolute atomic E-state index is 11.3. The molecule has 1 rings (SSSR count). The Morgan fingerprint density at radius 3 is 2.50 bits per heavy atom. The highest BCUT2D eigenvalue weighted by molar-refractivity contribution is 5.98. The molecule has 14 heavy (non-hydrogen) atoms. The lowest BCUT2D eigenvalue weighted by molar-refractivity contribution is -0.158. The molecule has 1 atom stereocenters. The maximum Gasteiger partial charge on any atom is 0.255 e. The number of rotatable bonds is 4. The molecule has 0 aromatic heterocycles. The predicted octanol–water partition coefficient (Wildman–Crippen LogP) is -0.630. The first kappa shape index (κ1) is 11.1. The second-order valence-corrected chi connectivity index (χ2v) is 3.41. The minimum absolute atomic E-state index is 0.0275. The highest BCUT2D eigenvalue weighted by atomic mass is 16.5. The molecule has 1 heterocycles. The lowest BCUT2D eigenvalue weighted by Gasteiger charge is -2.25. The van der Waals surface area contributed by atoms with Gasteiger partial charge in [-0.3, -0.25) is 14.5 Å². The molecule has 0 spiro atoms. The molecular weight excluding hydrogens is 184 g/mol. The Bertz CT molecular complexity index is 214. The van der Waals surface area contributed by atoms with Crippen LogP contribution in [-0.2, 0) is 14.3 Å². The van der Waals surface area contributed by atoms with Gasteiger partial charge in [-0.15, -0.1) is 0 Å². The van der Waals surface area contributed by atoms with Gasteiger partial charge >= 0.3 is 0 Å². The summed E-state index contributed by atoms with van der Waals surface area (Å²) in [6, 6.07) is 0.304. The van der Waals surface area contributed by atoms with E-state index in [1.807, 2.05) is 14.0 Å². The van der Waals surface area contributed by atoms with Crippen LogP contribution in [0.2, 0.25) is 0 Å². The second kappa shape index (κ2) is 5.07. The van der Waals surface area contributed by atoms with Crippen LogP contribution in [0.5, 0.6) is 0 Å². The molecule has 0 aromatic rings. The Morgan fingerprint density at radius 2 is 2.00 bits per heavy atom. The summed E-state index contributed by atoms with van der Waals surface area (Å²) in [5.41, 5.74) is 0. The van der Waals surface area contributed by atoms with Gasteiger partial charge in [-0.1, -0.05) is 0 Å². The summed E-state index contributed by atoms with van der Waals surface area (Å²) >= 11 is 0. The first-order valence-corrected chi connectivity index (χ1v) is 4.73. The van der Waals surface area contributed by atoms with Crippen LogP contribution in [0.4, 0.5) is 0 Å². The molecule has 1 saturated heterocycles. The summed E-state index contributed by atoms with van der Waals surface area (Å²) in [4.78, 5) is 23.8. The quantitative estimate of drug-likeness (QED) is 0.614. The van der Waals surface area contributed by atoms with E-state index in [-0.39, 0.29) is 25.0 Å². The van der Waals surface area contributed by atoms with Crippen molar-refractivity contribution in [1.29, 1.82) is 0 Å². The van der Waals surface area contributed by atoms with Gasteiger partial charge in [0.2, 0.25) is 0 Å². The van der Waals surface area contributed by atoms with Crippen molar-refractivity contribution in [2.45, 2.75) is 19.4 Å². The van der Waals surface area contributed by atoms with Gasteiger partial charge in [0.15, 0.2) is 0 Å². The van der Waals surface area contributed by atoms with Crippen LogP contribution in [-0.4, -0.2) is 49.6 Å². The van der Waals surface area contributed by atoms with Gasteiger partial charge in [-0.05, 0) is 20.4 Å². The number of nitrogens with zero attached hydrogens (tertiary/aromatic N) is 1. The zero-order chi connectivity index (χ0) is 10.6. The zero-order valence-electron chi connectivity index (χ0n) is 8.58. The first-order valence-electron chi connectivity index (χ1n) is 4.73. The Balaban J connectivity index is 2.40. The van der Waals surface area contributed by atoms with Crippen molar-refractivity contribution in [2.24, 2.45) is 0 Å². The average Bonchev–Trinajstić information content (AvgIpc) is 2.16. The van der Waals surface area contributed by atoms with Crippen molar-refractivity contribution in [2.75, 3.05) is 26.8 Å². The standard InChI is InChI=1S/C9H16N2O3/c1-7(10-2)3-4-11-8(12)5-14-6-9(11)13/h7,10H,3-6H2,1-2H3. The van der Waals surface area contributed by atoms with Crippen molar-refractivity contribution in [3.05, 3.63) is 0 Å². The molecule has 1 aliphatic rings. The zero-order valence-corrected chi connectivity index (χ0v) is 8.58. The number of hydrogen-bond donors (Lipinski definition) is 1. The highest BCUT2D eigenvalue weighted by Gasteiger charge is 2.26. The normalized spacial score (nSPS) is 20.0. The van der Waals surface area contributed by atoms with E-state index in [2.05, 4.69) is 5.32 Å². The van der Waals surface area contributed by atoms with E-state index in [0.717, 1.165) is 6.42 Å². The number of ether oxygens (including phenoxy) is 1. The number of morpholine rings is 1. The molecule has 1 fully saturated rings. The summed E-state index contributed by atoms with van der Waals surface area (Å²) in [5, 5.41) is 3.05. The third kappa shape index (κ3) is 2.78. The van der Waals surface area contributed by atoms with Crippen LogP contribution in [0, 0.1) is 0 Å². The van der Waals surface area contributed by atoms with Crippen LogP contribution < -0.4 is 5.32 Å². The number of amides is 2. The van der Waals surface area contributed by atoms with Crippen molar-refractivity contribution in [3.63, 3.8) is 0 Å². The van der Waals surface area contributed by atoms with Crippen molar-refractivity contribution in [1.82, 2.24) is 10.2 Å². The second-order valence-electron chi connectivity index (χ2n) is 3.41. The molecule has 1 aliphatic heterocycles. The van der Waals surface area contributed by atoms with Crippen LogP contribution in [0.1, 0.15) is 13.3 Å². The van der Waals surface area contributed by atoms with Gasteiger partial charge in [-0.25, -0.2) is 0 Å². The molecule has 2 amide bonds. The molecule has 0 radical (unpaired) electrons. The predicted molar refractivity (Wildman–Crippen MR) is 50.7 cm³/mol. The van der Waals surface area contributed by atoms with E-state index in [4.69, 9.17) is 4.74 Å². The van der Waals surface area contributed by atoms with E-state index < -0.39 is 0 Å². The summed E-state index contributed by atoms with van der Waals surface area (Å²) < 4.78 is 4.80. The Morgan fingerprint density at radius 1 is 1.43 bits per heavy atom. The Kier molecular flexibility index (Phi) is 4.03. The minimum atomic E-state index is -0.232. The fourth-order valence-electron chi connectivity index (χ4n) is 1.24. The Labute approximate surface area is 83.4 Å². The summed E-state index contributed by atoms with van der Waals surface area (Å²) in [7, 11) is 1.85. The van der Waals surface area contributed by atoms with Crippen LogP contribution in [0.15, 0.2) is 0 Å². The van der Waals surface area contributed by atoms with Gasteiger partial charge in [0.05, 0.1) is 0 Å². The van der Waals surface area contributed by atoms with Crippen molar-refractivity contribution in [3.8, 4) is 0 Å². The minimum Gasteiger partial charge on any atom is -0.362 e. The number of carbonyl (C=O) groups excluding carboxylic acids is 2.